The molecule has 0 aromatic heterocycles. The van der Waals surface area contributed by atoms with Crippen molar-refractivity contribution >= 4 is 0 Å². The molecule has 14 heavy (non-hydrogen) atoms. The molecule has 0 heterocycles. The first-order chi connectivity index (χ1) is 6.69. The Morgan fingerprint density at radius 3 is 1.64 bits per heavy atom. The van der Waals surface area contributed by atoms with Crippen LogP contribution in [0, 0.1) is 22.7 Å². The van der Waals surface area contributed by atoms with Gasteiger partial charge in [0.05, 0.1) is 0 Å². The Hall–Kier alpha value is -0.520. The van der Waals surface area contributed by atoms with Gasteiger partial charge in [-0.3, -0.25) is 0 Å². The van der Waals surface area contributed by atoms with Gasteiger partial charge in [0.1, 0.15) is 0 Å². The molecule has 0 radical (unpaired) electrons. The maximum absolute atomic E-state index is 4.08. The second kappa shape index (κ2) is 2.53. The molecule has 4 rings (SSSR count). The van der Waals surface area contributed by atoms with Crippen molar-refractivity contribution in [2.75, 3.05) is 0 Å². The number of hydrogen-bond donors (Lipinski definition) is 0. The maximum atomic E-state index is 4.08. The summed E-state index contributed by atoms with van der Waals surface area (Å²) in [5, 5.41) is 0. The van der Waals surface area contributed by atoms with E-state index in [4.69, 9.17) is 0 Å². The molecule has 0 amide bonds. The summed E-state index contributed by atoms with van der Waals surface area (Å²) >= 11 is 0. The van der Waals surface area contributed by atoms with Crippen LogP contribution in [0.5, 0.6) is 0 Å². The van der Waals surface area contributed by atoms with E-state index in [1.165, 1.54) is 38.5 Å². The first-order valence-electron chi connectivity index (χ1n) is 5.96. The summed E-state index contributed by atoms with van der Waals surface area (Å²) in [5.41, 5.74) is 0.997. The van der Waals surface area contributed by atoms with E-state index in [-0.39, 0.29) is 0 Å². The zero-order valence-corrected chi connectivity index (χ0v) is 8.97. The lowest BCUT2D eigenvalue weighted by Gasteiger charge is -2.60. The molecule has 4 fully saturated rings. The molecule has 0 nitrogen and oxygen atoms in total. The summed E-state index contributed by atoms with van der Waals surface area (Å²) in [4.78, 5) is 0. The minimum absolute atomic E-state index is 0.498. The zero-order chi connectivity index (χ0) is 9.81. The van der Waals surface area contributed by atoms with Gasteiger partial charge < -0.3 is 0 Å². The van der Waals surface area contributed by atoms with E-state index >= 15 is 0 Å². The molecule has 0 unspecified atom stereocenters. The molecule has 0 N–H and O–H groups in total. The number of hydrogen-bond acceptors (Lipinski definition) is 0. The highest BCUT2D eigenvalue weighted by molar-refractivity contribution is 5.17. The molecule has 4 bridgehead atoms. The Morgan fingerprint density at radius 1 is 0.857 bits per heavy atom. The first-order valence-corrected chi connectivity index (χ1v) is 5.96. The van der Waals surface area contributed by atoms with Gasteiger partial charge in [0.15, 0.2) is 0 Å². The van der Waals surface area contributed by atoms with Crippen LogP contribution in [0.2, 0.25) is 0 Å². The van der Waals surface area contributed by atoms with E-state index in [1.807, 2.05) is 0 Å². The van der Waals surface area contributed by atoms with Gasteiger partial charge in [-0.15, -0.1) is 13.2 Å². The Kier molecular flexibility index (Phi) is 1.59. The van der Waals surface area contributed by atoms with E-state index in [2.05, 4.69) is 25.3 Å². The van der Waals surface area contributed by atoms with Gasteiger partial charge in [-0.2, -0.15) is 0 Å². The van der Waals surface area contributed by atoms with E-state index in [9.17, 15) is 0 Å². The maximum Gasteiger partial charge on any atom is -0.0107 e. The Balaban J connectivity index is 2.01. The van der Waals surface area contributed by atoms with Gasteiger partial charge in [-0.25, -0.2) is 0 Å². The van der Waals surface area contributed by atoms with Crippen LogP contribution in [0.3, 0.4) is 0 Å². The van der Waals surface area contributed by atoms with Crippen LogP contribution in [0.1, 0.15) is 38.5 Å². The van der Waals surface area contributed by atoms with Crippen molar-refractivity contribution in [2.45, 2.75) is 38.5 Å². The predicted octanol–water partition coefficient (Wildman–Crippen LogP) is 3.95. The van der Waals surface area contributed by atoms with Gasteiger partial charge in [0.2, 0.25) is 0 Å². The predicted molar refractivity (Wildman–Crippen MR) is 59.9 cm³/mol. The van der Waals surface area contributed by atoms with Crippen molar-refractivity contribution in [1.82, 2.24) is 0 Å². The minimum Gasteiger partial charge on any atom is -0.103 e. The van der Waals surface area contributed by atoms with E-state index in [0.29, 0.717) is 10.8 Å². The fourth-order valence-corrected chi connectivity index (χ4v) is 4.88. The van der Waals surface area contributed by atoms with Crippen LogP contribution in [0.25, 0.3) is 0 Å². The molecule has 0 atom stereocenters. The fourth-order valence-electron chi connectivity index (χ4n) is 4.88. The van der Waals surface area contributed by atoms with Crippen LogP contribution in [0.15, 0.2) is 25.3 Å². The second-order valence-electron chi connectivity index (χ2n) is 6.09. The normalized spacial score (nSPS) is 54.6. The van der Waals surface area contributed by atoms with Gasteiger partial charge in [-0.05, 0) is 61.2 Å². The lowest BCUT2D eigenvalue weighted by Crippen LogP contribution is -2.50. The van der Waals surface area contributed by atoms with Gasteiger partial charge in [0, 0.05) is 0 Å². The molecule has 0 heteroatoms. The molecule has 0 saturated heterocycles. The van der Waals surface area contributed by atoms with Crippen molar-refractivity contribution < 1.29 is 0 Å². The Labute approximate surface area is 87.1 Å². The molecule has 4 aliphatic rings. The summed E-state index contributed by atoms with van der Waals surface area (Å²) < 4.78 is 0. The monoisotopic (exact) mass is 188 g/mol. The van der Waals surface area contributed by atoms with Crippen molar-refractivity contribution in [2.24, 2.45) is 22.7 Å². The number of allylic oxidation sites excluding steroid dienone is 2. The van der Waals surface area contributed by atoms with Crippen molar-refractivity contribution in [1.29, 1.82) is 0 Å². The highest BCUT2D eigenvalue weighted by atomic mass is 14.6. The Morgan fingerprint density at radius 2 is 1.29 bits per heavy atom. The minimum atomic E-state index is 0.498. The molecule has 76 valence electrons. The zero-order valence-electron chi connectivity index (χ0n) is 8.97. The summed E-state index contributed by atoms with van der Waals surface area (Å²) in [7, 11) is 0. The lowest BCUT2D eigenvalue weighted by atomic mass is 9.44. The standard InChI is InChI=1S/C14H20/c1-3-13-6-11-5-12(7-13)9-14(4-2,8-11)10-13/h3-4,11-12H,1-2,5-10H2. The third-order valence-corrected chi connectivity index (χ3v) is 5.02. The van der Waals surface area contributed by atoms with Crippen LogP contribution in [-0.4, -0.2) is 0 Å². The van der Waals surface area contributed by atoms with Crippen LogP contribution in [-0.2, 0) is 0 Å². The SMILES string of the molecule is C=CC12CC3CC(C1)CC(C=C)(C3)C2. The summed E-state index contributed by atoms with van der Waals surface area (Å²) in [5.74, 6) is 1.96. The fraction of sp³-hybridized carbons (Fsp3) is 0.714. The molecule has 0 aromatic rings. The quantitative estimate of drug-likeness (QED) is 0.576. The van der Waals surface area contributed by atoms with Crippen LogP contribution >= 0.6 is 0 Å². The van der Waals surface area contributed by atoms with Gasteiger partial charge in [0.25, 0.3) is 0 Å². The third kappa shape index (κ3) is 1.00. The molecule has 0 spiro atoms. The molecular formula is C14H20. The smallest absolute Gasteiger partial charge is 0.0107 e. The molecule has 0 aliphatic heterocycles. The van der Waals surface area contributed by atoms with Crippen molar-refractivity contribution in [3.8, 4) is 0 Å². The molecule has 0 aromatic carbocycles. The van der Waals surface area contributed by atoms with E-state index in [0.717, 1.165) is 11.8 Å². The van der Waals surface area contributed by atoms with Gasteiger partial charge in [-0.1, -0.05) is 12.2 Å². The highest BCUT2D eigenvalue weighted by Gasteiger charge is 2.55. The van der Waals surface area contributed by atoms with Crippen LogP contribution in [0.4, 0.5) is 0 Å². The molecule has 4 saturated carbocycles. The topological polar surface area (TPSA) is 0 Å². The van der Waals surface area contributed by atoms with E-state index in [1.54, 1.807) is 0 Å². The second-order valence-corrected chi connectivity index (χ2v) is 6.09. The first kappa shape index (κ1) is 8.76. The molecule has 4 aliphatic carbocycles. The van der Waals surface area contributed by atoms with Crippen molar-refractivity contribution in [3.63, 3.8) is 0 Å². The van der Waals surface area contributed by atoms with Gasteiger partial charge >= 0.3 is 0 Å². The summed E-state index contributed by atoms with van der Waals surface area (Å²) in [6.07, 6.45) is 13.0. The molecular weight excluding hydrogens is 168 g/mol. The lowest BCUT2D eigenvalue weighted by molar-refractivity contribution is -0.0619. The number of rotatable bonds is 2. The Bertz CT molecular complexity index is 246. The largest absolute Gasteiger partial charge is 0.103 e. The van der Waals surface area contributed by atoms with Crippen molar-refractivity contribution in [3.05, 3.63) is 25.3 Å². The summed E-state index contributed by atoms with van der Waals surface area (Å²) in [6, 6.07) is 0. The average molecular weight is 188 g/mol. The average Bonchev–Trinajstić information content (AvgIpc) is 2.16. The van der Waals surface area contributed by atoms with Crippen LogP contribution < -0.4 is 0 Å². The highest BCUT2D eigenvalue weighted by Crippen LogP contribution is 2.65. The summed E-state index contributed by atoms with van der Waals surface area (Å²) in [6.45, 7) is 8.16. The van der Waals surface area contributed by atoms with E-state index < -0.39 is 0 Å². The third-order valence-electron chi connectivity index (χ3n) is 5.02.